The first-order chi connectivity index (χ1) is 7.07. The molecular formula is C7H5N3O4S. The predicted molar refractivity (Wildman–Crippen MR) is 51.7 cm³/mol. The van der Waals surface area contributed by atoms with E-state index in [0.717, 1.165) is 0 Å². The zero-order valence-electron chi connectivity index (χ0n) is 7.23. The number of carboxylic acids is 1. The number of nitrogens with zero attached hydrogens (tertiary/aromatic N) is 3. The fourth-order valence-corrected chi connectivity index (χ4v) is 1.63. The van der Waals surface area contributed by atoms with Crippen molar-refractivity contribution in [3.05, 3.63) is 34.2 Å². The molecule has 0 aromatic carbocycles. The minimum Gasteiger partial charge on any atom is -0.478 e. The fraction of sp³-hybridized carbons (Fsp3) is 0.143. The van der Waals surface area contributed by atoms with E-state index in [2.05, 4.69) is 10.0 Å². The maximum atomic E-state index is 10.7. The Morgan fingerprint density at radius 3 is 2.73 bits per heavy atom. The van der Waals surface area contributed by atoms with Gasteiger partial charge >= 0.3 is 5.97 Å². The minimum atomic E-state index is -2.61. The van der Waals surface area contributed by atoms with Gasteiger partial charge in [0.15, 0.2) is 0 Å². The standard InChI is InChI=1S/C7H5N3O4S/c8-10-9-6-4(7(11)12)2-1-3-5(6)15(13)14/h1-3,6H,(H,11,12). The maximum Gasteiger partial charge on any atom is 0.332 e. The summed E-state index contributed by atoms with van der Waals surface area (Å²) < 4.78 is 21.4. The van der Waals surface area contributed by atoms with Crippen LogP contribution in [0, 0.1) is 0 Å². The van der Waals surface area contributed by atoms with Crippen LogP contribution >= 0.6 is 0 Å². The molecule has 0 saturated carbocycles. The van der Waals surface area contributed by atoms with Crippen LogP contribution in [0.4, 0.5) is 0 Å². The van der Waals surface area contributed by atoms with Crippen LogP contribution < -0.4 is 0 Å². The number of rotatable bonds is 2. The van der Waals surface area contributed by atoms with Crippen molar-refractivity contribution in [3.63, 3.8) is 0 Å². The second kappa shape index (κ2) is 4.45. The zero-order chi connectivity index (χ0) is 11.4. The third-order valence-corrected chi connectivity index (χ3v) is 2.45. The van der Waals surface area contributed by atoms with E-state index >= 15 is 0 Å². The van der Waals surface area contributed by atoms with E-state index in [1.807, 2.05) is 0 Å². The van der Waals surface area contributed by atoms with Gasteiger partial charge in [-0.1, -0.05) is 17.3 Å². The van der Waals surface area contributed by atoms with Gasteiger partial charge in [-0.15, -0.1) is 0 Å². The van der Waals surface area contributed by atoms with E-state index in [1.54, 1.807) is 0 Å². The fourth-order valence-electron chi connectivity index (χ4n) is 1.09. The molecular weight excluding hydrogens is 222 g/mol. The first kappa shape index (κ1) is 11.0. The largest absolute Gasteiger partial charge is 0.478 e. The summed E-state index contributed by atoms with van der Waals surface area (Å²) >= 11 is 0. The summed E-state index contributed by atoms with van der Waals surface area (Å²) in [6.07, 6.45) is 3.66. The monoisotopic (exact) mass is 227 g/mol. The van der Waals surface area contributed by atoms with Crippen LogP contribution in [0.2, 0.25) is 0 Å². The highest BCUT2D eigenvalue weighted by Gasteiger charge is 2.25. The van der Waals surface area contributed by atoms with Crippen molar-refractivity contribution in [2.45, 2.75) is 6.04 Å². The summed E-state index contributed by atoms with van der Waals surface area (Å²) in [5.41, 5.74) is 7.95. The molecule has 0 aliphatic heterocycles. The van der Waals surface area contributed by atoms with Gasteiger partial charge in [0.05, 0.1) is 10.4 Å². The summed E-state index contributed by atoms with van der Waals surface area (Å²) in [7, 11) is -2.61. The molecule has 0 radical (unpaired) electrons. The molecule has 0 spiro atoms. The highest BCUT2D eigenvalue weighted by Crippen LogP contribution is 2.15. The highest BCUT2D eigenvalue weighted by atomic mass is 32.2. The van der Waals surface area contributed by atoms with Crippen LogP contribution in [0.3, 0.4) is 0 Å². The predicted octanol–water partition coefficient (Wildman–Crippen LogP) is 0.298. The average molecular weight is 227 g/mol. The van der Waals surface area contributed by atoms with Crippen molar-refractivity contribution in [1.29, 1.82) is 0 Å². The number of hydrogen-bond acceptors (Lipinski definition) is 4. The zero-order valence-corrected chi connectivity index (χ0v) is 8.05. The molecule has 0 heterocycles. The highest BCUT2D eigenvalue weighted by molar-refractivity contribution is 7.73. The molecule has 0 fully saturated rings. The number of carboxylic acid groups (broad SMARTS) is 1. The van der Waals surface area contributed by atoms with Gasteiger partial charge in [0.2, 0.25) is 10.3 Å². The van der Waals surface area contributed by atoms with Crippen LogP contribution in [0.5, 0.6) is 0 Å². The Bertz CT molecular complexity index is 529. The van der Waals surface area contributed by atoms with E-state index in [9.17, 15) is 13.2 Å². The van der Waals surface area contributed by atoms with Crippen LogP contribution in [0.25, 0.3) is 10.4 Å². The van der Waals surface area contributed by atoms with Crippen LogP contribution in [0.15, 0.2) is 28.9 Å². The van der Waals surface area contributed by atoms with Crippen LogP contribution in [-0.2, 0) is 15.1 Å². The summed E-state index contributed by atoms with van der Waals surface area (Å²) in [5.74, 6) is -1.32. The maximum absolute atomic E-state index is 10.7. The van der Waals surface area contributed by atoms with Gasteiger partial charge < -0.3 is 5.11 Å². The Morgan fingerprint density at radius 1 is 1.60 bits per heavy atom. The summed E-state index contributed by atoms with van der Waals surface area (Å²) in [4.78, 5) is 12.9. The van der Waals surface area contributed by atoms with Gasteiger partial charge in [-0.2, -0.15) is 8.42 Å². The normalized spacial score (nSPS) is 19.1. The first-order valence-electron chi connectivity index (χ1n) is 3.69. The third-order valence-electron chi connectivity index (χ3n) is 1.71. The van der Waals surface area contributed by atoms with E-state index in [4.69, 9.17) is 10.6 Å². The molecule has 0 amide bonds. The number of allylic oxidation sites excluding steroid dienone is 2. The Balaban J connectivity index is 3.39. The molecule has 1 aliphatic rings. The Hall–Kier alpha value is -2.05. The second-order valence-corrected chi connectivity index (χ2v) is 3.47. The molecule has 1 unspecified atom stereocenters. The third kappa shape index (κ3) is 2.25. The number of azide groups is 1. The van der Waals surface area contributed by atoms with Crippen molar-refractivity contribution in [1.82, 2.24) is 0 Å². The van der Waals surface area contributed by atoms with Crippen molar-refractivity contribution >= 4 is 21.1 Å². The Kier molecular flexibility index (Phi) is 3.27. The lowest BCUT2D eigenvalue weighted by atomic mass is 10.00. The topological polar surface area (TPSA) is 120 Å². The first-order valence-corrected chi connectivity index (χ1v) is 4.77. The molecule has 1 N–H and O–H groups in total. The molecule has 0 bridgehead atoms. The van der Waals surface area contributed by atoms with E-state index < -0.39 is 22.3 Å². The lowest BCUT2D eigenvalue weighted by molar-refractivity contribution is -0.132. The van der Waals surface area contributed by atoms with Crippen molar-refractivity contribution in [2.24, 2.45) is 5.11 Å². The molecule has 78 valence electrons. The van der Waals surface area contributed by atoms with E-state index in [-0.39, 0.29) is 10.4 Å². The smallest absolute Gasteiger partial charge is 0.332 e. The SMILES string of the molecule is [N-]=[N+]=NC1C(C(=O)O)=CC=CC1=S(=O)=O. The average Bonchev–Trinajstić information content (AvgIpc) is 2.17. The Morgan fingerprint density at radius 2 is 2.27 bits per heavy atom. The van der Waals surface area contributed by atoms with Crippen molar-refractivity contribution in [3.8, 4) is 0 Å². The molecule has 1 rings (SSSR count). The summed E-state index contributed by atoms with van der Waals surface area (Å²) in [6, 6.07) is -1.30. The van der Waals surface area contributed by atoms with Gasteiger partial charge in [-0.3, -0.25) is 0 Å². The number of aliphatic carboxylic acids is 1. The molecule has 7 nitrogen and oxygen atoms in total. The quantitative estimate of drug-likeness (QED) is 0.315. The van der Waals surface area contributed by atoms with Crippen molar-refractivity contribution in [2.75, 3.05) is 0 Å². The lowest BCUT2D eigenvalue weighted by Gasteiger charge is -2.12. The van der Waals surface area contributed by atoms with Crippen molar-refractivity contribution < 1.29 is 18.3 Å². The summed E-state index contributed by atoms with van der Waals surface area (Å²) in [6.45, 7) is 0. The molecule has 0 aromatic rings. The van der Waals surface area contributed by atoms with Gasteiger partial charge in [-0.25, -0.2) is 4.79 Å². The van der Waals surface area contributed by atoms with Gasteiger partial charge in [0.25, 0.3) is 0 Å². The van der Waals surface area contributed by atoms with Crippen LogP contribution in [-0.4, -0.2) is 30.4 Å². The van der Waals surface area contributed by atoms with Gasteiger partial charge in [-0.05, 0) is 11.6 Å². The second-order valence-electron chi connectivity index (χ2n) is 2.53. The number of hydrogen-bond donors (Lipinski definition) is 1. The van der Waals surface area contributed by atoms with Crippen LogP contribution in [0.1, 0.15) is 0 Å². The molecule has 8 heteroatoms. The van der Waals surface area contributed by atoms with Gasteiger partial charge in [0, 0.05) is 4.91 Å². The Labute approximate surface area is 85.5 Å². The molecule has 0 saturated heterocycles. The lowest BCUT2D eigenvalue weighted by Crippen LogP contribution is -2.26. The minimum absolute atomic E-state index is 0.257. The van der Waals surface area contributed by atoms with E-state index in [0.29, 0.717) is 0 Å². The molecule has 15 heavy (non-hydrogen) atoms. The molecule has 0 aromatic heterocycles. The number of carbonyl (C=O) groups is 1. The summed E-state index contributed by atoms with van der Waals surface area (Å²) in [5, 5.41) is 11.9. The van der Waals surface area contributed by atoms with E-state index in [1.165, 1.54) is 18.2 Å². The molecule has 1 atom stereocenters. The molecule has 1 aliphatic carbocycles. The van der Waals surface area contributed by atoms with Gasteiger partial charge in [0.1, 0.15) is 6.04 Å².